The first-order chi connectivity index (χ1) is 13.6. The molecule has 0 radical (unpaired) electrons. The highest BCUT2D eigenvalue weighted by Crippen LogP contribution is 2.38. The summed E-state index contributed by atoms with van der Waals surface area (Å²) in [4.78, 5) is 32.2. The number of alkyl halides is 3. The van der Waals surface area contributed by atoms with E-state index in [1.807, 2.05) is 32.8 Å². The molecule has 1 aromatic carbocycles. The first kappa shape index (κ1) is 27.6. The van der Waals surface area contributed by atoms with E-state index in [0.717, 1.165) is 12.6 Å². The molecule has 0 aromatic heterocycles. The van der Waals surface area contributed by atoms with Crippen molar-refractivity contribution in [3.8, 4) is 0 Å². The number of rotatable bonds is 7. The quantitative estimate of drug-likeness (QED) is 0.467. The van der Waals surface area contributed by atoms with Gasteiger partial charge >= 0.3 is 18.1 Å². The fourth-order valence-electron chi connectivity index (χ4n) is 2.50. The van der Waals surface area contributed by atoms with Crippen LogP contribution in [0.15, 0.2) is 18.2 Å². The first-order valence-electron chi connectivity index (χ1n) is 8.54. The number of benzene rings is 1. The van der Waals surface area contributed by atoms with Crippen LogP contribution in [-0.4, -0.2) is 66.7 Å². The van der Waals surface area contributed by atoms with E-state index in [1.54, 1.807) is 0 Å². The summed E-state index contributed by atoms with van der Waals surface area (Å²) in [6.07, 6.45) is -4.59. The van der Waals surface area contributed by atoms with Crippen LogP contribution in [0.4, 0.5) is 18.9 Å². The topological polar surface area (TPSA) is 119 Å². The minimum atomic E-state index is -4.59. The molecule has 0 spiro atoms. The van der Waals surface area contributed by atoms with Crippen molar-refractivity contribution in [2.75, 3.05) is 39.0 Å². The van der Waals surface area contributed by atoms with Gasteiger partial charge in [0, 0.05) is 13.1 Å². The van der Waals surface area contributed by atoms with Crippen LogP contribution in [0.2, 0.25) is 5.02 Å². The second-order valence-corrected chi connectivity index (χ2v) is 7.73. The standard InChI is InChI=1S/C16H23ClF3N3O.C2H2O4/c1-15(2,10-23(3)4)9-21-8-13(24)22-14-11(16(18,19)20)6-5-7-12(14)17;3-1(4)2(5)6/h5-7,21H,8-10H2,1-4H3,(H,22,24);(H,3,4)(H,5,6). The van der Waals surface area contributed by atoms with Gasteiger partial charge in [-0.15, -0.1) is 0 Å². The number of carbonyl (C=O) groups excluding carboxylic acids is 1. The zero-order chi connectivity index (χ0) is 23.7. The van der Waals surface area contributed by atoms with Crippen LogP contribution in [0.5, 0.6) is 0 Å². The van der Waals surface area contributed by atoms with Crippen molar-refractivity contribution in [3.05, 3.63) is 28.8 Å². The number of anilines is 1. The van der Waals surface area contributed by atoms with Gasteiger partial charge in [-0.05, 0) is 31.6 Å². The second kappa shape index (κ2) is 11.7. The number of hydrogen-bond donors (Lipinski definition) is 4. The number of para-hydroxylation sites is 1. The lowest BCUT2D eigenvalue weighted by Gasteiger charge is -2.28. The molecule has 0 aliphatic rings. The van der Waals surface area contributed by atoms with Crippen molar-refractivity contribution in [1.82, 2.24) is 10.2 Å². The fourth-order valence-corrected chi connectivity index (χ4v) is 2.72. The van der Waals surface area contributed by atoms with Crippen LogP contribution < -0.4 is 10.6 Å². The van der Waals surface area contributed by atoms with E-state index in [1.165, 1.54) is 12.1 Å². The average molecular weight is 456 g/mol. The van der Waals surface area contributed by atoms with Gasteiger partial charge in [0.1, 0.15) is 0 Å². The van der Waals surface area contributed by atoms with Gasteiger partial charge in [0.2, 0.25) is 5.91 Å². The van der Waals surface area contributed by atoms with Crippen molar-refractivity contribution >= 4 is 35.1 Å². The molecule has 0 heterocycles. The number of hydrogen-bond acceptors (Lipinski definition) is 5. The Kier molecular flexibility index (Phi) is 10.8. The Hall–Kier alpha value is -2.37. The van der Waals surface area contributed by atoms with Crippen molar-refractivity contribution in [2.24, 2.45) is 5.41 Å². The Morgan fingerprint density at radius 3 is 2.07 bits per heavy atom. The Bertz CT molecular complexity index is 743. The van der Waals surface area contributed by atoms with Gasteiger partial charge in [0.15, 0.2) is 0 Å². The maximum absolute atomic E-state index is 13.0. The summed E-state index contributed by atoms with van der Waals surface area (Å²) in [7, 11) is 3.90. The SMILES string of the molecule is CN(C)CC(C)(C)CNCC(=O)Nc1c(Cl)cccc1C(F)(F)F.O=C(O)C(=O)O. The number of carboxylic acid groups (broad SMARTS) is 2. The van der Waals surface area contributed by atoms with Crippen LogP contribution in [0.3, 0.4) is 0 Å². The molecule has 0 aliphatic carbocycles. The lowest BCUT2D eigenvalue weighted by atomic mass is 9.93. The minimum absolute atomic E-state index is 0.0781. The third-order valence-electron chi connectivity index (χ3n) is 3.40. The van der Waals surface area contributed by atoms with Crippen molar-refractivity contribution in [1.29, 1.82) is 0 Å². The molecule has 0 aliphatic heterocycles. The molecule has 1 rings (SSSR count). The molecule has 0 atom stereocenters. The Morgan fingerprint density at radius 2 is 1.63 bits per heavy atom. The van der Waals surface area contributed by atoms with Crippen LogP contribution in [0.1, 0.15) is 19.4 Å². The number of carboxylic acids is 2. The maximum atomic E-state index is 13.0. The van der Waals surface area contributed by atoms with Crippen LogP contribution in [0, 0.1) is 5.41 Å². The predicted octanol–water partition coefficient (Wildman–Crippen LogP) is 2.63. The predicted molar refractivity (Wildman–Crippen MR) is 106 cm³/mol. The minimum Gasteiger partial charge on any atom is -0.473 e. The summed E-state index contributed by atoms with van der Waals surface area (Å²) in [5.41, 5.74) is -1.45. The van der Waals surface area contributed by atoms with E-state index in [2.05, 4.69) is 10.6 Å². The van der Waals surface area contributed by atoms with Gasteiger partial charge in [-0.3, -0.25) is 4.79 Å². The molecule has 8 nitrogen and oxygen atoms in total. The number of halogens is 4. The summed E-state index contributed by atoms with van der Waals surface area (Å²) in [6.45, 7) is 5.33. The van der Waals surface area contributed by atoms with E-state index in [4.69, 9.17) is 31.4 Å². The van der Waals surface area contributed by atoms with E-state index in [0.29, 0.717) is 6.54 Å². The highest BCUT2D eigenvalue weighted by atomic mass is 35.5. The molecule has 0 saturated heterocycles. The monoisotopic (exact) mass is 455 g/mol. The van der Waals surface area contributed by atoms with E-state index in [9.17, 15) is 18.0 Å². The summed E-state index contributed by atoms with van der Waals surface area (Å²) < 4.78 is 38.9. The van der Waals surface area contributed by atoms with Crippen molar-refractivity contribution < 1.29 is 37.8 Å². The zero-order valence-corrected chi connectivity index (χ0v) is 17.7. The Morgan fingerprint density at radius 1 is 1.10 bits per heavy atom. The zero-order valence-electron chi connectivity index (χ0n) is 16.9. The highest BCUT2D eigenvalue weighted by molar-refractivity contribution is 6.34. The summed E-state index contributed by atoms with van der Waals surface area (Å²) in [5.74, 6) is -4.22. The summed E-state index contributed by atoms with van der Waals surface area (Å²) >= 11 is 5.80. The molecule has 0 saturated carbocycles. The smallest absolute Gasteiger partial charge is 0.418 e. The van der Waals surface area contributed by atoms with E-state index in [-0.39, 0.29) is 17.0 Å². The normalized spacial score (nSPS) is 11.5. The molecular weight excluding hydrogens is 431 g/mol. The fraction of sp³-hybridized carbons (Fsp3) is 0.500. The van der Waals surface area contributed by atoms with Crippen LogP contribution in [-0.2, 0) is 20.6 Å². The van der Waals surface area contributed by atoms with Crippen LogP contribution >= 0.6 is 11.6 Å². The van der Waals surface area contributed by atoms with Gasteiger partial charge in [-0.1, -0.05) is 31.5 Å². The lowest BCUT2D eigenvalue weighted by molar-refractivity contribution is -0.159. The number of amides is 1. The molecule has 0 bridgehead atoms. The molecule has 12 heteroatoms. The number of aliphatic carboxylic acids is 2. The van der Waals surface area contributed by atoms with Gasteiger partial charge in [-0.25, -0.2) is 9.59 Å². The summed E-state index contributed by atoms with van der Waals surface area (Å²) in [5, 5.41) is 19.8. The molecule has 4 N–H and O–H groups in total. The molecule has 1 aromatic rings. The molecule has 0 fully saturated rings. The molecule has 1 amide bonds. The van der Waals surface area contributed by atoms with Gasteiger partial charge in [0.05, 0.1) is 22.8 Å². The van der Waals surface area contributed by atoms with Gasteiger partial charge in [0.25, 0.3) is 0 Å². The lowest BCUT2D eigenvalue weighted by Crippen LogP contribution is -2.40. The molecule has 30 heavy (non-hydrogen) atoms. The Labute approximate surface area is 177 Å². The van der Waals surface area contributed by atoms with Crippen LogP contribution in [0.25, 0.3) is 0 Å². The van der Waals surface area contributed by atoms with E-state index >= 15 is 0 Å². The number of nitrogens with one attached hydrogen (secondary N) is 2. The van der Waals surface area contributed by atoms with Crippen molar-refractivity contribution in [3.63, 3.8) is 0 Å². The third-order valence-corrected chi connectivity index (χ3v) is 3.71. The number of nitrogens with zero attached hydrogens (tertiary/aromatic N) is 1. The van der Waals surface area contributed by atoms with Gasteiger partial charge < -0.3 is 25.7 Å². The average Bonchev–Trinajstić information content (AvgIpc) is 2.54. The maximum Gasteiger partial charge on any atom is 0.418 e. The summed E-state index contributed by atoms with van der Waals surface area (Å²) in [6, 6.07) is 3.39. The molecule has 170 valence electrons. The van der Waals surface area contributed by atoms with Gasteiger partial charge in [-0.2, -0.15) is 13.2 Å². The Balaban J connectivity index is 0.00000122. The molecular formula is C18H25ClF3N3O5. The number of carbonyl (C=O) groups is 3. The highest BCUT2D eigenvalue weighted by Gasteiger charge is 2.34. The second-order valence-electron chi connectivity index (χ2n) is 7.32. The largest absolute Gasteiger partial charge is 0.473 e. The first-order valence-corrected chi connectivity index (χ1v) is 8.92. The van der Waals surface area contributed by atoms with Crippen molar-refractivity contribution in [2.45, 2.75) is 20.0 Å². The third kappa shape index (κ3) is 11.0. The molecule has 0 unspecified atom stereocenters. The van der Waals surface area contributed by atoms with E-state index < -0.39 is 35.3 Å².